The normalized spacial score (nSPS) is 20.1. The minimum atomic E-state index is -0.0754. The maximum absolute atomic E-state index is 11.4. The molecule has 4 nitrogen and oxygen atoms in total. The molecule has 0 aromatic carbocycles. The van der Waals surface area contributed by atoms with E-state index in [9.17, 15) is 9.59 Å². The second-order valence-corrected chi connectivity index (χ2v) is 3.92. The van der Waals surface area contributed by atoms with Crippen LogP contribution in [0.4, 0.5) is 0 Å². The summed E-state index contributed by atoms with van der Waals surface area (Å²) < 4.78 is 0. The molecule has 0 fully saturated rings. The highest BCUT2D eigenvalue weighted by Crippen LogP contribution is 2.07. The van der Waals surface area contributed by atoms with Crippen molar-refractivity contribution in [3.05, 3.63) is 23.5 Å². The van der Waals surface area contributed by atoms with Gasteiger partial charge in [-0.1, -0.05) is 19.9 Å². The molecular formula is C11H16N2O2. The van der Waals surface area contributed by atoms with Crippen molar-refractivity contribution < 1.29 is 9.59 Å². The van der Waals surface area contributed by atoms with Crippen molar-refractivity contribution in [2.24, 2.45) is 5.92 Å². The number of carbonyl (C=O) groups is 2. The summed E-state index contributed by atoms with van der Waals surface area (Å²) in [6.07, 6.45) is 4.21. The fourth-order valence-corrected chi connectivity index (χ4v) is 1.25. The first-order valence-corrected chi connectivity index (χ1v) is 4.99. The topological polar surface area (TPSA) is 58.2 Å². The van der Waals surface area contributed by atoms with Crippen molar-refractivity contribution in [3.63, 3.8) is 0 Å². The zero-order valence-corrected chi connectivity index (χ0v) is 9.20. The van der Waals surface area contributed by atoms with Crippen LogP contribution in [0.25, 0.3) is 0 Å². The Hall–Kier alpha value is -1.58. The summed E-state index contributed by atoms with van der Waals surface area (Å²) in [7, 11) is 0. The lowest BCUT2D eigenvalue weighted by atomic mass is 10.1. The lowest BCUT2D eigenvalue weighted by Gasteiger charge is -2.21. The molecule has 1 rings (SSSR count). The summed E-state index contributed by atoms with van der Waals surface area (Å²) in [5.41, 5.74) is 0.584. The first kappa shape index (κ1) is 11.5. The standard InChI is InChI=1S/C11H16N2O2/c1-7(2)11(15)13-10-5-9(6-14)4-8(3)12-10/h4-8,12H,1-3H3,(H,13,15)/t8-/m0/s1. The van der Waals surface area contributed by atoms with Crippen molar-refractivity contribution in [1.82, 2.24) is 10.6 Å². The number of hydrogen-bond donors (Lipinski definition) is 2. The Bertz CT molecular complexity index is 329. The average molecular weight is 208 g/mol. The molecule has 0 spiro atoms. The molecule has 4 heteroatoms. The van der Waals surface area contributed by atoms with Gasteiger partial charge in [0.2, 0.25) is 5.91 Å². The van der Waals surface area contributed by atoms with Gasteiger partial charge in [0.05, 0.1) is 0 Å². The molecule has 1 aliphatic heterocycles. The van der Waals surface area contributed by atoms with Gasteiger partial charge in [0, 0.05) is 17.5 Å². The fourth-order valence-electron chi connectivity index (χ4n) is 1.25. The van der Waals surface area contributed by atoms with E-state index in [4.69, 9.17) is 0 Å². The number of rotatable bonds is 3. The summed E-state index contributed by atoms with van der Waals surface area (Å²) in [6.45, 7) is 5.55. The fraction of sp³-hybridized carbons (Fsp3) is 0.455. The molecule has 0 saturated carbocycles. The highest BCUT2D eigenvalue weighted by molar-refractivity contribution is 5.82. The minimum absolute atomic E-state index is 0.0534. The van der Waals surface area contributed by atoms with Crippen LogP contribution in [0.3, 0.4) is 0 Å². The van der Waals surface area contributed by atoms with E-state index in [1.165, 1.54) is 0 Å². The Balaban J connectivity index is 2.71. The van der Waals surface area contributed by atoms with Gasteiger partial charge in [0.1, 0.15) is 12.1 Å². The van der Waals surface area contributed by atoms with Crippen molar-refractivity contribution in [2.45, 2.75) is 26.8 Å². The predicted molar refractivity (Wildman–Crippen MR) is 57.8 cm³/mol. The Kier molecular flexibility index (Phi) is 3.66. The zero-order valence-electron chi connectivity index (χ0n) is 9.20. The van der Waals surface area contributed by atoms with Gasteiger partial charge in [-0.3, -0.25) is 9.59 Å². The van der Waals surface area contributed by atoms with Gasteiger partial charge in [0.25, 0.3) is 0 Å². The molecule has 0 saturated heterocycles. The van der Waals surface area contributed by atoms with E-state index in [1.807, 2.05) is 20.8 Å². The van der Waals surface area contributed by atoms with E-state index >= 15 is 0 Å². The molecule has 82 valence electrons. The van der Waals surface area contributed by atoms with E-state index in [0.717, 1.165) is 6.29 Å². The van der Waals surface area contributed by atoms with Crippen molar-refractivity contribution in [1.29, 1.82) is 0 Å². The zero-order chi connectivity index (χ0) is 11.4. The number of amides is 1. The van der Waals surface area contributed by atoms with Crippen LogP contribution in [-0.2, 0) is 9.59 Å². The van der Waals surface area contributed by atoms with Gasteiger partial charge < -0.3 is 10.6 Å². The molecule has 0 unspecified atom stereocenters. The molecule has 1 heterocycles. The van der Waals surface area contributed by atoms with Crippen LogP contribution >= 0.6 is 0 Å². The summed E-state index contributed by atoms with van der Waals surface area (Å²) in [5.74, 6) is 0.451. The van der Waals surface area contributed by atoms with Crippen LogP contribution in [0.5, 0.6) is 0 Å². The molecule has 0 aliphatic carbocycles. The summed E-state index contributed by atoms with van der Waals surface area (Å²) in [4.78, 5) is 22.0. The third kappa shape index (κ3) is 3.23. The molecule has 15 heavy (non-hydrogen) atoms. The van der Waals surface area contributed by atoms with E-state index < -0.39 is 0 Å². The lowest BCUT2D eigenvalue weighted by Crippen LogP contribution is -2.39. The quantitative estimate of drug-likeness (QED) is 0.672. The van der Waals surface area contributed by atoms with Crippen LogP contribution in [-0.4, -0.2) is 18.2 Å². The third-order valence-electron chi connectivity index (χ3n) is 2.05. The molecule has 0 aromatic heterocycles. The summed E-state index contributed by atoms with van der Waals surface area (Å²) in [6, 6.07) is 0.0534. The summed E-state index contributed by atoms with van der Waals surface area (Å²) in [5, 5.41) is 5.78. The summed E-state index contributed by atoms with van der Waals surface area (Å²) >= 11 is 0. The molecular weight excluding hydrogens is 192 g/mol. The highest BCUT2D eigenvalue weighted by Gasteiger charge is 2.13. The van der Waals surface area contributed by atoms with Gasteiger partial charge in [-0.15, -0.1) is 0 Å². The van der Waals surface area contributed by atoms with Crippen molar-refractivity contribution in [3.8, 4) is 0 Å². The average Bonchev–Trinajstić information content (AvgIpc) is 2.16. The second kappa shape index (κ2) is 4.77. The number of allylic oxidation sites excluding steroid dienone is 2. The maximum atomic E-state index is 11.4. The van der Waals surface area contributed by atoms with Gasteiger partial charge >= 0.3 is 0 Å². The number of carbonyl (C=O) groups excluding carboxylic acids is 2. The smallest absolute Gasteiger partial charge is 0.228 e. The molecule has 2 N–H and O–H groups in total. The third-order valence-corrected chi connectivity index (χ3v) is 2.05. The lowest BCUT2D eigenvalue weighted by molar-refractivity contribution is -0.123. The maximum Gasteiger partial charge on any atom is 0.228 e. The first-order valence-electron chi connectivity index (χ1n) is 4.99. The first-order chi connectivity index (χ1) is 7.02. The second-order valence-electron chi connectivity index (χ2n) is 3.92. The number of hydrogen-bond acceptors (Lipinski definition) is 3. The van der Waals surface area contributed by atoms with Crippen LogP contribution in [0, 0.1) is 5.92 Å². The van der Waals surface area contributed by atoms with Gasteiger partial charge in [0.15, 0.2) is 0 Å². The van der Waals surface area contributed by atoms with Crippen molar-refractivity contribution >= 4 is 12.2 Å². The minimum Gasteiger partial charge on any atom is -0.366 e. The van der Waals surface area contributed by atoms with Gasteiger partial charge in [-0.2, -0.15) is 0 Å². The van der Waals surface area contributed by atoms with Crippen LogP contribution < -0.4 is 10.6 Å². The Morgan fingerprint density at radius 3 is 2.80 bits per heavy atom. The molecule has 1 aliphatic rings. The number of nitrogens with one attached hydrogen (secondary N) is 2. The Morgan fingerprint density at radius 1 is 1.60 bits per heavy atom. The van der Waals surface area contributed by atoms with Gasteiger partial charge in [-0.25, -0.2) is 0 Å². The van der Waals surface area contributed by atoms with E-state index in [0.29, 0.717) is 11.4 Å². The van der Waals surface area contributed by atoms with Gasteiger partial charge in [-0.05, 0) is 13.0 Å². The monoisotopic (exact) mass is 208 g/mol. The predicted octanol–water partition coefficient (Wildman–Crippen LogP) is 0.717. The highest BCUT2D eigenvalue weighted by atomic mass is 16.2. The van der Waals surface area contributed by atoms with E-state index in [-0.39, 0.29) is 17.9 Å². The van der Waals surface area contributed by atoms with Crippen LogP contribution in [0.1, 0.15) is 20.8 Å². The largest absolute Gasteiger partial charge is 0.366 e. The molecule has 0 aromatic rings. The number of aldehydes is 1. The Morgan fingerprint density at radius 2 is 2.27 bits per heavy atom. The Labute approximate surface area is 89.4 Å². The molecule has 1 atom stereocenters. The van der Waals surface area contributed by atoms with E-state index in [2.05, 4.69) is 10.6 Å². The number of dihydropyridines is 1. The van der Waals surface area contributed by atoms with Crippen LogP contribution in [0.15, 0.2) is 23.5 Å². The molecule has 0 radical (unpaired) electrons. The van der Waals surface area contributed by atoms with Crippen LogP contribution in [0.2, 0.25) is 0 Å². The van der Waals surface area contributed by atoms with E-state index in [1.54, 1.807) is 12.2 Å². The SMILES string of the molecule is CC(C)C(=O)NC1=CC(C=O)=C[C@H](C)N1. The van der Waals surface area contributed by atoms with Crippen molar-refractivity contribution in [2.75, 3.05) is 0 Å². The molecule has 0 bridgehead atoms. The molecule has 1 amide bonds.